The second-order valence-electron chi connectivity index (χ2n) is 9.54. The molecule has 0 saturated carbocycles. The highest BCUT2D eigenvalue weighted by atomic mass is 32.2. The smallest absolute Gasteiger partial charge is 0.407 e. The van der Waals surface area contributed by atoms with Gasteiger partial charge in [-0.25, -0.2) is 13.2 Å². The highest BCUT2D eigenvalue weighted by Crippen LogP contribution is 2.28. The number of nitrogens with zero attached hydrogens (tertiary/aromatic N) is 1. The van der Waals surface area contributed by atoms with Gasteiger partial charge in [0.15, 0.2) is 9.84 Å². The van der Waals surface area contributed by atoms with Crippen LogP contribution in [-0.4, -0.2) is 58.2 Å². The minimum absolute atomic E-state index is 0.125. The summed E-state index contributed by atoms with van der Waals surface area (Å²) in [4.78, 5) is 39.1. The zero-order valence-electron chi connectivity index (χ0n) is 24.0. The predicted octanol–water partition coefficient (Wildman–Crippen LogP) is 3.81. The summed E-state index contributed by atoms with van der Waals surface area (Å²) in [6.07, 6.45) is 0.617. The van der Waals surface area contributed by atoms with Gasteiger partial charge in [0.1, 0.15) is 0 Å². The Kier molecular flexibility index (Phi) is 12.5. The Morgan fingerprint density at radius 3 is 2.17 bits per heavy atom. The molecule has 220 valence electrons. The molecular weight excluding hydrogens is 544 g/mol. The number of sulfone groups is 1. The summed E-state index contributed by atoms with van der Waals surface area (Å²) in [5.74, 6) is -1.32. The molecule has 41 heavy (non-hydrogen) atoms. The summed E-state index contributed by atoms with van der Waals surface area (Å²) in [7, 11) is -0.632. The molecule has 3 amide bonds. The molecule has 11 heteroatoms. The lowest BCUT2D eigenvalue weighted by Gasteiger charge is -2.24. The second-order valence-corrected chi connectivity index (χ2v) is 11.5. The molecule has 4 N–H and O–H groups in total. The predicted molar refractivity (Wildman–Crippen MR) is 160 cm³/mol. The topological polar surface area (TPSA) is 148 Å². The van der Waals surface area contributed by atoms with Crippen molar-refractivity contribution in [1.29, 1.82) is 0 Å². The van der Waals surface area contributed by atoms with Gasteiger partial charge in [0.25, 0.3) is 0 Å². The number of nitrogens with two attached hydrogens (primary N) is 1. The van der Waals surface area contributed by atoms with E-state index in [4.69, 9.17) is 0 Å². The Morgan fingerprint density at radius 1 is 0.927 bits per heavy atom. The maximum absolute atomic E-state index is 13.1. The summed E-state index contributed by atoms with van der Waals surface area (Å²) < 4.78 is 28.9. The van der Waals surface area contributed by atoms with Crippen LogP contribution in [0.4, 0.5) is 10.5 Å². The summed E-state index contributed by atoms with van der Waals surface area (Å²) in [5, 5.41) is 5.26. The Labute approximate surface area is 241 Å². The maximum Gasteiger partial charge on any atom is 0.407 e. The zero-order valence-corrected chi connectivity index (χ0v) is 24.8. The van der Waals surface area contributed by atoms with Crippen LogP contribution in [0, 0.1) is 5.92 Å². The molecule has 0 radical (unpaired) electrons. The van der Waals surface area contributed by atoms with E-state index >= 15 is 0 Å². The van der Waals surface area contributed by atoms with Crippen LogP contribution in [-0.2, 0) is 37.3 Å². The fourth-order valence-electron chi connectivity index (χ4n) is 4.05. The van der Waals surface area contributed by atoms with Crippen molar-refractivity contribution in [2.75, 3.05) is 32.3 Å². The number of benzene rings is 3. The lowest BCUT2D eigenvalue weighted by molar-refractivity contribution is -0.143. The standard InChI is InChI=1S/C29H33N3O6S.CH5N/c1-20(2)18-32(19-22-9-7-8-21(16-22)17-30-29(35)38-3)28(34)27(33)31-24-14-12-23(13-15-24)25-10-5-6-11-26(25)39(4,36)37;1-2/h5-16,20H,17-19H2,1-4H3,(H,30,35)(H,31,33);2H2,1H3. The molecule has 0 aliphatic heterocycles. The number of ether oxygens (including phenoxy) is 1. The van der Waals surface area contributed by atoms with E-state index in [2.05, 4.69) is 21.1 Å². The van der Waals surface area contributed by atoms with E-state index in [-0.39, 0.29) is 23.9 Å². The summed E-state index contributed by atoms with van der Waals surface area (Å²) in [5.41, 5.74) is 7.78. The lowest BCUT2D eigenvalue weighted by atomic mass is 10.1. The van der Waals surface area contributed by atoms with Gasteiger partial charge >= 0.3 is 17.9 Å². The van der Waals surface area contributed by atoms with Gasteiger partial charge in [0.05, 0.1) is 12.0 Å². The van der Waals surface area contributed by atoms with Gasteiger partial charge in [-0.05, 0) is 47.9 Å². The number of alkyl carbamates (subject to hydrolysis) is 1. The molecule has 3 aromatic carbocycles. The van der Waals surface area contributed by atoms with Gasteiger partial charge < -0.3 is 26.0 Å². The lowest BCUT2D eigenvalue weighted by Crippen LogP contribution is -2.41. The number of hydrogen-bond acceptors (Lipinski definition) is 7. The molecule has 0 spiro atoms. The molecule has 10 nitrogen and oxygen atoms in total. The summed E-state index contributed by atoms with van der Waals surface area (Å²) in [6.45, 7) is 4.78. The third kappa shape index (κ3) is 10.0. The van der Waals surface area contributed by atoms with Crippen LogP contribution in [0.5, 0.6) is 0 Å². The van der Waals surface area contributed by atoms with Crippen molar-refractivity contribution in [2.24, 2.45) is 11.7 Å². The number of anilines is 1. The number of amides is 3. The van der Waals surface area contributed by atoms with Crippen LogP contribution in [0.25, 0.3) is 11.1 Å². The van der Waals surface area contributed by atoms with Crippen molar-refractivity contribution in [2.45, 2.75) is 31.8 Å². The Bertz CT molecular complexity index is 1440. The molecular formula is C30H38N4O6S. The molecule has 0 aromatic heterocycles. The molecule has 3 aromatic rings. The normalized spacial score (nSPS) is 10.7. The zero-order chi connectivity index (χ0) is 30.6. The van der Waals surface area contributed by atoms with E-state index in [1.165, 1.54) is 19.1 Å². The van der Waals surface area contributed by atoms with E-state index < -0.39 is 27.7 Å². The van der Waals surface area contributed by atoms with E-state index in [1.807, 2.05) is 38.1 Å². The van der Waals surface area contributed by atoms with Crippen LogP contribution in [0.1, 0.15) is 25.0 Å². The van der Waals surface area contributed by atoms with Crippen molar-refractivity contribution in [3.8, 4) is 11.1 Å². The Morgan fingerprint density at radius 2 is 1.56 bits per heavy atom. The number of carbonyl (C=O) groups is 3. The van der Waals surface area contributed by atoms with Gasteiger partial charge in [-0.15, -0.1) is 0 Å². The second kappa shape index (κ2) is 15.5. The first-order chi connectivity index (χ1) is 19.5. The molecule has 0 aliphatic carbocycles. The van der Waals surface area contributed by atoms with E-state index in [0.717, 1.165) is 17.4 Å². The minimum Gasteiger partial charge on any atom is -0.453 e. The van der Waals surface area contributed by atoms with Crippen molar-refractivity contribution in [1.82, 2.24) is 10.2 Å². The van der Waals surface area contributed by atoms with Crippen LogP contribution < -0.4 is 16.4 Å². The minimum atomic E-state index is -3.42. The van der Waals surface area contributed by atoms with E-state index in [1.54, 1.807) is 48.5 Å². The van der Waals surface area contributed by atoms with Crippen molar-refractivity contribution >= 4 is 33.4 Å². The van der Waals surface area contributed by atoms with Crippen molar-refractivity contribution in [3.05, 3.63) is 83.9 Å². The van der Waals surface area contributed by atoms with Crippen LogP contribution in [0.15, 0.2) is 77.7 Å². The third-order valence-electron chi connectivity index (χ3n) is 5.79. The SMILES string of the molecule is CN.COC(=O)NCc1cccc(CN(CC(C)C)C(=O)C(=O)Nc2ccc(-c3ccccc3S(C)(=O)=O)cc2)c1. The van der Waals surface area contributed by atoms with Gasteiger partial charge in [-0.3, -0.25) is 9.59 Å². The highest BCUT2D eigenvalue weighted by molar-refractivity contribution is 7.90. The van der Waals surface area contributed by atoms with Gasteiger partial charge in [-0.2, -0.15) is 0 Å². The number of nitrogens with one attached hydrogen (secondary N) is 2. The molecule has 0 fully saturated rings. The Hall–Kier alpha value is -4.22. The average Bonchev–Trinajstić information content (AvgIpc) is 2.96. The first-order valence-corrected chi connectivity index (χ1v) is 14.8. The number of hydrogen-bond donors (Lipinski definition) is 3. The summed E-state index contributed by atoms with van der Waals surface area (Å²) >= 11 is 0. The Balaban J connectivity index is 0.00000287. The van der Waals surface area contributed by atoms with Crippen LogP contribution >= 0.6 is 0 Å². The number of methoxy groups -OCH3 is 1. The molecule has 0 bridgehead atoms. The largest absolute Gasteiger partial charge is 0.453 e. The molecule has 0 aliphatic rings. The first-order valence-electron chi connectivity index (χ1n) is 12.9. The van der Waals surface area contributed by atoms with Crippen molar-refractivity contribution in [3.63, 3.8) is 0 Å². The fourth-order valence-corrected chi connectivity index (χ4v) is 4.97. The first kappa shape index (κ1) is 33.0. The number of carbonyl (C=O) groups excluding carboxylic acids is 3. The molecule has 0 unspecified atom stereocenters. The molecule has 0 saturated heterocycles. The molecule has 0 atom stereocenters. The van der Waals surface area contributed by atoms with Crippen molar-refractivity contribution < 1.29 is 27.5 Å². The molecule has 3 rings (SSSR count). The molecule has 0 heterocycles. The maximum atomic E-state index is 13.1. The van der Waals surface area contributed by atoms with Gasteiger partial charge in [0, 0.05) is 37.1 Å². The number of rotatable bonds is 9. The van der Waals surface area contributed by atoms with Crippen LogP contribution in [0.2, 0.25) is 0 Å². The van der Waals surface area contributed by atoms with E-state index in [0.29, 0.717) is 23.4 Å². The quantitative estimate of drug-likeness (QED) is 0.325. The van der Waals surface area contributed by atoms with Gasteiger partial charge in [0.2, 0.25) is 0 Å². The summed E-state index contributed by atoms with van der Waals surface area (Å²) in [6, 6.07) is 20.7. The fraction of sp³-hybridized carbons (Fsp3) is 0.300. The third-order valence-corrected chi connectivity index (χ3v) is 6.95. The van der Waals surface area contributed by atoms with Gasteiger partial charge in [-0.1, -0.05) is 68.4 Å². The van der Waals surface area contributed by atoms with Crippen LogP contribution in [0.3, 0.4) is 0 Å². The monoisotopic (exact) mass is 582 g/mol. The average molecular weight is 583 g/mol. The van der Waals surface area contributed by atoms with E-state index in [9.17, 15) is 22.8 Å². The highest BCUT2D eigenvalue weighted by Gasteiger charge is 2.23.